The molecule has 174 valence electrons. The minimum Gasteiger partial charge on any atom is -0.325 e. The molecule has 4 rings (SSSR count). The van der Waals surface area contributed by atoms with Gasteiger partial charge in [0.25, 0.3) is 5.56 Å². The monoisotopic (exact) mass is 483 g/mol. The molecule has 0 saturated heterocycles. The number of thioether (sulfide) groups is 1. The Labute approximate surface area is 197 Å². The average Bonchev–Trinajstić information content (AvgIpc) is 2.79. The molecule has 5 nitrogen and oxygen atoms in total. The lowest BCUT2D eigenvalue weighted by Crippen LogP contribution is -2.24. The molecule has 0 aliphatic heterocycles. The summed E-state index contributed by atoms with van der Waals surface area (Å²) in [5, 5.41) is 3.03. The van der Waals surface area contributed by atoms with E-state index in [-0.39, 0.29) is 22.2 Å². The normalized spacial score (nSPS) is 11.6. The number of hydrogen-bond donors (Lipinski definition) is 1. The van der Waals surface area contributed by atoms with Gasteiger partial charge in [-0.15, -0.1) is 0 Å². The molecule has 1 N–H and O–H groups in total. The number of halogens is 3. The first-order valence-electron chi connectivity index (χ1n) is 10.3. The first-order chi connectivity index (χ1) is 16.1. The number of para-hydroxylation sites is 2. The van der Waals surface area contributed by atoms with Crippen LogP contribution in [0.4, 0.5) is 18.9 Å². The van der Waals surface area contributed by atoms with Crippen LogP contribution in [0.25, 0.3) is 16.6 Å². The van der Waals surface area contributed by atoms with Crippen molar-refractivity contribution in [1.29, 1.82) is 0 Å². The Hall–Kier alpha value is -3.59. The van der Waals surface area contributed by atoms with Gasteiger partial charge in [-0.25, -0.2) is 4.98 Å². The molecule has 0 aliphatic rings. The van der Waals surface area contributed by atoms with Gasteiger partial charge in [-0.1, -0.05) is 48.2 Å². The van der Waals surface area contributed by atoms with E-state index in [1.807, 2.05) is 32.0 Å². The van der Waals surface area contributed by atoms with Crippen LogP contribution in [0.15, 0.2) is 76.7 Å². The number of carbonyl (C=O) groups excluding carboxylic acids is 1. The number of aromatic nitrogens is 2. The summed E-state index contributed by atoms with van der Waals surface area (Å²) >= 11 is 0.985. The number of benzene rings is 3. The maximum Gasteiger partial charge on any atom is 0.418 e. The van der Waals surface area contributed by atoms with E-state index in [2.05, 4.69) is 10.3 Å². The fraction of sp³-hybridized carbons (Fsp3) is 0.160. The standard InChI is InChI=1S/C25H20F3N3O2S/c1-15-11-12-16(2)21(13-15)31-23(33)17-7-3-5-9-19(17)30-24(31)34-14-22(32)29-20-10-6-4-8-18(20)25(26,27)28/h3-13H,14H2,1-2H3,(H,29,32). The average molecular weight is 484 g/mol. The van der Waals surface area contributed by atoms with Crippen molar-refractivity contribution < 1.29 is 18.0 Å². The second-order valence-corrected chi connectivity index (χ2v) is 8.66. The predicted molar refractivity (Wildman–Crippen MR) is 128 cm³/mol. The van der Waals surface area contributed by atoms with Crippen molar-refractivity contribution >= 4 is 34.3 Å². The van der Waals surface area contributed by atoms with E-state index >= 15 is 0 Å². The fourth-order valence-corrected chi connectivity index (χ4v) is 4.34. The van der Waals surface area contributed by atoms with E-state index < -0.39 is 17.6 Å². The quantitative estimate of drug-likeness (QED) is 0.290. The molecule has 1 heterocycles. The fourth-order valence-electron chi connectivity index (χ4n) is 3.54. The predicted octanol–water partition coefficient (Wildman–Crippen LogP) is 5.75. The van der Waals surface area contributed by atoms with Crippen LogP contribution in [0, 0.1) is 13.8 Å². The molecule has 1 aromatic heterocycles. The lowest BCUT2D eigenvalue weighted by atomic mass is 10.1. The zero-order chi connectivity index (χ0) is 24.5. The van der Waals surface area contributed by atoms with Gasteiger partial charge in [0, 0.05) is 0 Å². The van der Waals surface area contributed by atoms with Crippen molar-refractivity contribution in [3.05, 3.63) is 93.8 Å². The molecule has 0 aliphatic carbocycles. The third-order valence-corrected chi connectivity index (χ3v) is 6.13. The molecule has 9 heteroatoms. The molecule has 4 aromatic rings. The second kappa shape index (κ2) is 9.34. The van der Waals surface area contributed by atoms with Gasteiger partial charge < -0.3 is 5.32 Å². The third kappa shape index (κ3) is 4.84. The van der Waals surface area contributed by atoms with Crippen LogP contribution in [-0.2, 0) is 11.0 Å². The zero-order valence-corrected chi connectivity index (χ0v) is 19.1. The van der Waals surface area contributed by atoms with E-state index in [0.29, 0.717) is 16.6 Å². The number of amides is 1. The molecule has 3 aromatic carbocycles. The summed E-state index contributed by atoms with van der Waals surface area (Å²) in [6.07, 6.45) is -4.60. The highest BCUT2D eigenvalue weighted by Gasteiger charge is 2.33. The minimum atomic E-state index is -4.60. The summed E-state index contributed by atoms with van der Waals surface area (Å²) < 4.78 is 41.2. The number of carbonyl (C=O) groups is 1. The zero-order valence-electron chi connectivity index (χ0n) is 18.3. The van der Waals surface area contributed by atoms with Gasteiger partial charge in [-0.2, -0.15) is 13.2 Å². The topological polar surface area (TPSA) is 64.0 Å². The van der Waals surface area contributed by atoms with Crippen LogP contribution in [0.1, 0.15) is 16.7 Å². The molecule has 0 atom stereocenters. The van der Waals surface area contributed by atoms with Crippen molar-refractivity contribution in [3.63, 3.8) is 0 Å². The molecule has 0 unspecified atom stereocenters. The summed E-state index contributed by atoms with van der Waals surface area (Å²) in [6, 6.07) is 17.3. The molecular weight excluding hydrogens is 463 g/mol. The number of aryl methyl sites for hydroxylation is 2. The first kappa shape index (κ1) is 23.6. The highest BCUT2D eigenvalue weighted by atomic mass is 32.2. The van der Waals surface area contributed by atoms with E-state index in [9.17, 15) is 22.8 Å². The number of fused-ring (bicyclic) bond motifs is 1. The highest BCUT2D eigenvalue weighted by Crippen LogP contribution is 2.34. The van der Waals surface area contributed by atoms with Gasteiger partial charge in [0.15, 0.2) is 5.16 Å². The summed E-state index contributed by atoms with van der Waals surface area (Å²) in [7, 11) is 0. The number of nitrogens with zero attached hydrogens (tertiary/aromatic N) is 2. The Morgan fingerprint density at radius 3 is 2.50 bits per heavy atom. The number of hydrogen-bond acceptors (Lipinski definition) is 4. The van der Waals surface area contributed by atoms with Crippen molar-refractivity contribution in [3.8, 4) is 5.69 Å². The maximum atomic E-state index is 13.4. The van der Waals surface area contributed by atoms with Crippen LogP contribution in [0.3, 0.4) is 0 Å². The van der Waals surface area contributed by atoms with E-state index in [4.69, 9.17) is 0 Å². The lowest BCUT2D eigenvalue weighted by Gasteiger charge is -2.16. The first-order valence-corrected chi connectivity index (χ1v) is 11.3. The smallest absolute Gasteiger partial charge is 0.325 e. The summed E-state index contributed by atoms with van der Waals surface area (Å²) in [5.41, 5.74) is 1.36. The minimum absolute atomic E-state index is 0.234. The number of rotatable bonds is 5. The van der Waals surface area contributed by atoms with Crippen LogP contribution in [0.2, 0.25) is 0 Å². The Bertz CT molecular complexity index is 1450. The Morgan fingerprint density at radius 2 is 1.74 bits per heavy atom. The van der Waals surface area contributed by atoms with Crippen molar-refractivity contribution in [2.24, 2.45) is 0 Å². The molecule has 0 fully saturated rings. The van der Waals surface area contributed by atoms with Gasteiger partial charge in [0.05, 0.1) is 33.6 Å². The molecule has 34 heavy (non-hydrogen) atoms. The Kier molecular flexibility index (Phi) is 6.47. The van der Waals surface area contributed by atoms with Crippen molar-refractivity contribution in [2.75, 3.05) is 11.1 Å². The van der Waals surface area contributed by atoms with Gasteiger partial charge in [-0.05, 0) is 55.3 Å². The van der Waals surface area contributed by atoms with Crippen LogP contribution in [-0.4, -0.2) is 21.2 Å². The molecule has 0 radical (unpaired) electrons. The van der Waals surface area contributed by atoms with E-state index in [1.54, 1.807) is 24.3 Å². The third-order valence-electron chi connectivity index (χ3n) is 5.19. The van der Waals surface area contributed by atoms with Gasteiger partial charge in [-0.3, -0.25) is 14.2 Å². The summed E-state index contributed by atoms with van der Waals surface area (Å²) in [5.74, 6) is -0.876. The Morgan fingerprint density at radius 1 is 1.03 bits per heavy atom. The van der Waals surface area contributed by atoms with Gasteiger partial charge in [0.1, 0.15) is 0 Å². The highest BCUT2D eigenvalue weighted by molar-refractivity contribution is 7.99. The lowest BCUT2D eigenvalue weighted by molar-refractivity contribution is -0.137. The van der Waals surface area contributed by atoms with Gasteiger partial charge >= 0.3 is 6.18 Å². The number of alkyl halides is 3. The second-order valence-electron chi connectivity index (χ2n) is 7.72. The summed E-state index contributed by atoms with van der Waals surface area (Å²) in [6.45, 7) is 3.77. The molecule has 0 spiro atoms. The summed E-state index contributed by atoms with van der Waals surface area (Å²) in [4.78, 5) is 30.5. The van der Waals surface area contributed by atoms with E-state index in [0.717, 1.165) is 29.0 Å². The molecule has 1 amide bonds. The van der Waals surface area contributed by atoms with Crippen LogP contribution in [0.5, 0.6) is 0 Å². The Balaban J connectivity index is 1.69. The van der Waals surface area contributed by atoms with Gasteiger partial charge in [0.2, 0.25) is 5.91 Å². The molecular formula is C25H20F3N3O2S. The number of nitrogens with one attached hydrogen (secondary N) is 1. The van der Waals surface area contributed by atoms with Crippen molar-refractivity contribution in [2.45, 2.75) is 25.2 Å². The maximum absolute atomic E-state index is 13.4. The van der Waals surface area contributed by atoms with E-state index in [1.165, 1.54) is 22.8 Å². The van der Waals surface area contributed by atoms with Crippen LogP contribution < -0.4 is 10.9 Å². The molecule has 0 saturated carbocycles. The number of anilines is 1. The SMILES string of the molecule is Cc1ccc(C)c(-n2c(SCC(=O)Nc3ccccc3C(F)(F)F)nc3ccccc3c2=O)c1. The van der Waals surface area contributed by atoms with Crippen LogP contribution >= 0.6 is 11.8 Å². The molecule has 0 bridgehead atoms. The van der Waals surface area contributed by atoms with Crippen molar-refractivity contribution in [1.82, 2.24) is 9.55 Å². The largest absolute Gasteiger partial charge is 0.418 e.